The molecule has 2 aromatic heterocycles. The first-order valence-corrected chi connectivity index (χ1v) is 7.12. The molecule has 0 atom stereocenters. The second-order valence-corrected chi connectivity index (χ2v) is 4.95. The molecule has 1 N–H and O–H groups in total. The van der Waals surface area contributed by atoms with Gasteiger partial charge in [0.15, 0.2) is 0 Å². The lowest BCUT2D eigenvalue weighted by Gasteiger charge is -2.08. The van der Waals surface area contributed by atoms with Crippen LogP contribution >= 0.6 is 0 Å². The first-order chi connectivity index (χ1) is 11.3. The van der Waals surface area contributed by atoms with Crippen LogP contribution in [0, 0.1) is 17.0 Å². The Kier molecular flexibility index (Phi) is 5.21. The molecule has 0 bridgehead atoms. The molecular weight excluding hydrogens is 326 g/mol. The van der Waals surface area contributed by atoms with Crippen molar-refractivity contribution in [1.82, 2.24) is 24.9 Å². The van der Waals surface area contributed by atoms with Crippen molar-refractivity contribution in [3.8, 4) is 0 Å². The molecule has 9 nitrogen and oxygen atoms in total. The number of halogens is 2. The number of carbonyl (C=O) groups is 1. The SMILES string of the molecule is CCn1nccc1CNC(=O)Cn1nc(C(F)F)c([N+](=O)[O-])c1C. The van der Waals surface area contributed by atoms with E-state index in [1.165, 1.54) is 6.92 Å². The maximum absolute atomic E-state index is 12.8. The van der Waals surface area contributed by atoms with Gasteiger partial charge in [-0.1, -0.05) is 0 Å². The van der Waals surface area contributed by atoms with Gasteiger partial charge in [-0.25, -0.2) is 8.78 Å². The molecule has 0 aliphatic rings. The summed E-state index contributed by atoms with van der Waals surface area (Å²) in [5.41, 5.74) is -1.01. The highest BCUT2D eigenvalue weighted by Crippen LogP contribution is 2.30. The molecule has 1 amide bonds. The highest BCUT2D eigenvalue weighted by molar-refractivity contribution is 5.75. The first-order valence-electron chi connectivity index (χ1n) is 7.12. The summed E-state index contributed by atoms with van der Waals surface area (Å²) >= 11 is 0. The third-order valence-corrected chi connectivity index (χ3v) is 3.45. The van der Waals surface area contributed by atoms with Crippen molar-refractivity contribution in [3.05, 3.63) is 39.5 Å². The van der Waals surface area contributed by atoms with Gasteiger partial charge in [0.05, 0.1) is 17.2 Å². The van der Waals surface area contributed by atoms with Crippen LogP contribution in [-0.2, 0) is 24.4 Å². The zero-order valence-corrected chi connectivity index (χ0v) is 13.1. The minimum Gasteiger partial charge on any atom is -0.349 e. The van der Waals surface area contributed by atoms with Gasteiger partial charge < -0.3 is 5.32 Å². The van der Waals surface area contributed by atoms with Gasteiger partial charge in [0.2, 0.25) is 11.6 Å². The van der Waals surface area contributed by atoms with E-state index in [2.05, 4.69) is 15.5 Å². The van der Waals surface area contributed by atoms with E-state index in [1.54, 1.807) is 16.9 Å². The van der Waals surface area contributed by atoms with Gasteiger partial charge in [0.1, 0.15) is 12.2 Å². The van der Waals surface area contributed by atoms with E-state index >= 15 is 0 Å². The zero-order valence-electron chi connectivity index (χ0n) is 13.1. The fourth-order valence-electron chi connectivity index (χ4n) is 2.26. The molecule has 24 heavy (non-hydrogen) atoms. The highest BCUT2D eigenvalue weighted by atomic mass is 19.3. The molecule has 130 valence electrons. The normalized spacial score (nSPS) is 11.0. The minimum absolute atomic E-state index is 0.0935. The molecule has 0 saturated heterocycles. The third-order valence-electron chi connectivity index (χ3n) is 3.45. The first kappa shape index (κ1) is 17.5. The fourth-order valence-corrected chi connectivity index (χ4v) is 2.26. The third kappa shape index (κ3) is 3.55. The monoisotopic (exact) mass is 342 g/mol. The zero-order chi connectivity index (χ0) is 17.9. The van der Waals surface area contributed by atoms with Crippen LogP contribution in [0.2, 0.25) is 0 Å². The summed E-state index contributed by atoms with van der Waals surface area (Å²) in [5.74, 6) is -0.500. The number of amides is 1. The summed E-state index contributed by atoms with van der Waals surface area (Å²) < 4.78 is 28.3. The maximum atomic E-state index is 12.8. The van der Waals surface area contributed by atoms with Crippen molar-refractivity contribution in [1.29, 1.82) is 0 Å². The van der Waals surface area contributed by atoms with Crippen LogP contribution in [0.5, 0.6) is 0 Å². The van der Waals surface area contributed by atoms with Crippen LogP contribution in [0.4, 0.5) is 14.5 Å². The van der Waals surface area contributed by atoms with Crippen LogP contribution < -0.4 is 5.32 Å². The largest absolute Gasteiger partial charge is 0.349 e. The molecule has 11 heteroatoms. The minimum atomic E-state index is -3.09. The van der Waals surface area contributed by atoms with Crippen molar-refractivity contribution in [3.63, 3.8) is 0 Å². The van der Waals surface area contributed by atoms with E-state index < -0.39 is 28.6 Å². The molecule has 0 fully saturated rings. The van der Waals surface area contributed by atoms with Crippen molar-refractivity contribution < 1.29 is 18.5 Å². The van der Waals surface area contributed by atoms with E-state index in [-0.39, 0.29) is 18.8 Å². The Labute approximate surface area is 135 Å². The number of nitrogens with one attached hydrogen (secondary N) is 1. The van der Waals surface area contributed by atoms with Gasteiger partial charge in [-0.15, -0.1) is 0 Å². The molecule has 0 saturated carbocycles. The summed E-state index contributed by atoms with van der Waals surface area (Å²) in [4.78, 5) is 21.9. The molecule has 0 unspecified atom stereocenters. The number of nitro groups is 1. The summed E-state index contributed by atoms with van der Waals surface area (Å²) in [7, 11) is 0. The van der Waals surface area contributed by atoms with E-state index in [0.717, 1.165) is 10.4 Å². The number of aromatic nitrogens is 4. The summed E-state index contributed by atoms with van der Waals surface area (Å²) in [6.07, 6.45) is -1.49. The van der Waals surface area contributed by atoms with Crippen molar-refractivity contribution in [2.24, 2.45) is 0 Å². The fraction of sp³-hybridized carbons (Fsp3) is 0.462. The van der Waals surface area contributed by atoms with Crippen molar-refractivity contribution in [2.45, 2.75) is 39.9 Å². The predicted octanol–water partition coefficient (Wildman–Crippen LogP) is 1.57. The lowest BCUT2D eigenvalue weighted by Crippen LogP contribution is -2.29. The smallest absolute Gasteiger partial charge is 0.319 e. The second kappa shape index (κ2) is 7.15. The quantitative estimate of drug-likeness (QED) is 0.607. The van der Waals surface area contributed by atoms with Crippen LogP contribution in [0.3, 0.4) is 0 Å². The lowest BCUT2D eigenvalue weighted by molar-refractivity contribution is -0.386. The lowest BCUT2D eigenvalue weighted by atomic mass is 10.3. The van der Waals surface area contributed by atoms with Crippen LogP contribution in [-0.4, -0.2) is 30.4 Å². The van der Waals surface area contributed by atoms with E-state index in [4.69, 9.17) is 0 Å². The molecule has 0 spiro atoms. The van der Waals surface area contributed by atoms with E-state index in [9.17, 15) is 23.7 Å². The summed E-state index contributed by atoms with van der Waals surface area (Å²) in [6.45, 7) is 3.63. The Hall–Kier alpha value is -2.85. The average molecular weight is 342 g/mol. The van der Waals surface area contributed by atoms with E-state index in [0.29, 0.717) is 6.54 Å². The number of nitrogens with zero attached hydrogens (tertiary/aromatic N) is 5. The number of aryl methyl sites for hydroxylation is 1. The second-order valence-electron chi connectivity index (χ2n) is 4.95. The topological polar surface area (TPSA) is 108 Å². The Morgan fingerprint density at radius 3 is 2.71 bits per heavy atom. The van der Waals surface area contributed by atoms with Crippen LogP contribution in [0.1, 0.15) is 30.4 Å². The Morgan fingerprint density at radius 1 is 1.46 bits per heavy atom. The van der Waals surface area contributed by atoms with Gasteiger partial charge in [0, 0.05) is 12.7 Å². The molecular formula is C13H16F2N6O3. The molecule has 2 rings (SSSR count). The van der Waals surface area contributed by atoms with Gasteiger partial charge in [-0.3, -0.25) is 24.3 Å². The predicted molar refractivity (Wildman–Crippen MR) is 78.3 cm³/mol. The van der Waals surface area contributed by atoms with Crippen molar-refractivity contribution in [2.75, 3.05) is 0 Å². The van der Waals surface area contributed by atoms with E-state index in [1.807, 2.05) is 6.92 Å². The molecule has 0 aliphatic carbocycles. The van der Waals surface area contributed by atoms with Crippen LogP contribution in [0.25, 0.3) is 0 Å². The van der Waals surface area contributed by atoms with Gasteiger partial charge in [0.25, 0.3) is 6.43 Å². The number of hydrogen-bond donors (Lipinski definition) is 1. The van der Waals surface area contributed by atoms with Crippen molar-refractivity contribution >= 4 is 11.6 Å². The van der Waals surface area contributed by atoms with Crippen LogP contribution in [0.15, 0.2) is 12.3 Å². The molecule has 0 aliphatic heterocycles. The number of carbonyl (C=O) groups excluding carboxylic acids is 1. The maximum Gasteiger partial charge on any atom is 0.319 e. The Morgan fingerprint density at radius 2 is 2.17 bits per heavy atom. The molecule has 2 aromatic rings. The van der Waals surface area contributed by atoms with Gasteiger partial charge in [-0.2, -0.15) is 10.2 Å². The molecule has 2 heterocycles. The molecule has 0 aromatic carbocycles. The standard InChI is InChI=1S/C13H16F2N6O3/c1-3-19-9(4-5-17-19)6-16-10(22)7-20-8(2)12(21(23)24)11(18-20)13(14)15/h4-5,13H,3,6-7H2,1-2H3,(H,16,22). The Balaban J connectivity index is 2.09. The highest BCUT2D eigenvalue weighted by Gasteiger charge is 2.31. The Bertz CT molecular complexity index is 755. The number of alkyl halides is 2. The van der Waals surface area contributed by atoms with Gasteiger partial charge >= 0.3 is 5.69 Å². The molecule has 0 radical (unpaired) electrons. The van der Waals surface area contributed by atoms with Gasteiger partial charge in [-0.05, 0) is 19.9 Å². The number of rotatable bonds is 7. The summed E-state index contributed by atoms with van der Waals surface area (Å²) in [6, 6.07) is 1.74. The number of hydrogen-bond acceptors (Lipinski definition) is 5. The summed E-state index contributed by atoms with van der Waals surface area (Å²) in [5, 5.41) is 21.1. The average Bonchev–Trinajstić information content (AvgIpc) is 3.10.